The van der Waals surface area contributed by atoms with Gasteiger partial charge >= 0.3 is 16.9 Å². The summed E-state index contributed by atoms with van der Waals surface area (Å²) in [4.78, 5) is 36.5. The molecule has 0 N–H and O–H groups in total. The van der Waals surface area contributed by atoms with Gasteiger partial charge in [-0.1, -0.05) is 27.2 Å². The van der Waals surface area contributed by atoms with E-state index in [1.807, 2.05) is 20.8 Å². The first-order valence-corrected chi connectivity index (χ1v) is 8.28. The average molecular weight is 349 g/mol. The van der Waals surface area contributed by atoms with Gasteiger partial charge in [0.05, 0.1) is 11.1 Å². The molecule has 2 aromatic heterocycles. The van der Waals surface area contributed by atoms with Crippen LogP contribution in [0.2, 0.25) is 0 Å². The molecule has 0 unspecified atom stereocenters. The fourth-order valence-corrected chi connectivity index (χ4v) is 2.74. The highest BCUT2D eigenvalue weighted by Gasteiger charge is 2.29. The van der Waals surface area contributed by atoms with Crippen LogP contribution in [0.25, 0.3) is 11.3 Å². The SMILES string of the molecule is CCCCn1c(-c2cnn(C)c2)c([N+](=O)[O-])c(=O)n(CC(C)C)c1=O. The lowest BCUT2D eigenvalue weighted by atomic mass is 10.1. The van der Waals surface area contributed by atoms with Gasteiger partial charge in [0.15, 0.2) is 0 Å². The lowest BCUT2D eigenvalue weighted by molar-refractivity contribution is -0.386. The van der Waals surface area contributed by atoms with Crippen LogP contribution in [-0.2, 0) is 20.1 Å². The molecule has 2 aromatic rings. The van der Waals surface area contributed by atoms with Crippen molar-refractivity contribution in [2.45, 2.75) is 46.7 Å². The van der Waals surface area contributed by atoms with E-state index in [9.17, 15) is 19.7 Å². The number of unbranched alkanes of at least 4 members (excludes halogenated alkanes) is 1. The van der Waals surface area contributed by atoms with Gasteiger partial charge in [-0.05, 0) is 12.3 Å². The first-order chi connectivity index (χ1) is 11.8. The number of hydrogen-bond donors (Lipinski definition) is 0. The molecular weight excluding hydrogens is 326 g/mol. The monoisotopic (exact) mass is 349 g/mol. The first kappa shape index (κ1) is 18.6. The zero-order valence-electron chi connectivity index (χ0n) is 14.9. The predicted octanol–water partition coefficient (Wildman–Crippen LogP) is 1.77. The largest absolute Gasteiger partial charge is 0.358 e. The number of aryl methyl sites for hydroxylation is 1. The van der Waals surface area contributed by atoms with Crippen LogP contribution in [0, 0.1) is 16.0 Å². The summed E-state index contributed by atoms with van der Waals surface area (Å²) >= 11 is 0. The van der Waals surface area contributed by atoms with Crippen molar-refractivity contribution in [3.63, 3.8) is 0 Å². The van der Waals surface area contributed by atoms with E-state index in [1.165, 1.54) is 15.4 Å². The Bertz CT molecular complexity index is 891. The van der Waals surface area contributed by atoms with E-state index in [0.717, 1.165) is 11.0 Å². The summed E-state index contributed by atoms with van der Waals surface area (Å²) in [5.74, 6) is 0.00821. The summed E-state index contributed by atoms with van der Waals surface area (Å²) in [7, 11) is 1.67. The van der Waals surface area contributed by atoms with Crippen LogP contribution in [0.3, 0.4) is 0 Å². The first-order valence-electron chi connectivity index (χ1n) is 8.28. The van der Waals surface area contributed by atoms with Gasteiger partial charge in [0.25, 0.3) is 0 Å². The Morgan fingerprint density at radius 1 is 1.28 bits per heavy atom. The second kappa shape index (κ2) is 7.45. The van der Waals surface area contributed by atoms with Crippen LogP contribution in [0.4, 0.5) is 5.69 Å². The fourth-order valence-electron chi connectivity index (χ4n) is 2.74. The minimum absolute atomic E-state index is 0.00821. The summed E-state index contributed by atoms with van der Waals surface area (Å²) < 4.78 is 3.79. The van der Waals surface area contributed by atoms with Gasteiger partial charge in [-0.15, -0.1) is 0 Å². The highest BCUT2D eigenvalue weighted by molar-refractivity contribution is 5.68. The Morgan fingerprint density at radius 2 is 1.96 bits per heavy atom. The molecule has 136 valence electrons. The predicted molar refractivity (Wildman–Crippen MR) is 93.6 cm³/mol. The molecule has 0 bridgehead atoms. The third kappa shape index (κ3) is 3.70. The molecule has 0 amide bonds. The lowest BCUT2D eigenvalue weighted by Gasteiger charge is -2.15. The maximum absolute atomic E-state index is 12.9. The summed E-state index contributed by atoms with van der Waals surface area (Å²) in [6.07, 6.45) is 4.48. The van der Waals surface area contributed by atoms with Crippen molar-refractivity contribution in [3.05, 3.63) is 43.3 Å². The molecule has 0 aromatic carbocycles. The Hall–Kier alpha value is -2.71. The van der Waals surface area contributed by atoms with Crippen molar-refractivity contribution in [2.24, 2.45) is 13.0 Å². The van der Waals surface area contributed by atoms with Gasteiger partial charge in [-0.25, -0.2) is 4.79 Å². The Kier molecular flexibility index (Phi) is 5.55. The van der Waals surface area contributed by atoms with Crippen molar-refractivity contribution in [2.75, 3.05) is 0 Å². The molecule has 25 heavy (non-hydrogen) atoms. The summed E-state index contributed by atoms with van der Waals surface area (Å²) in [6.45, 7) is 6.11. The minimum Gasteiger partial charge on any atom is -0.287 e. The van der Waals surface area contributed by atoms with Crippen molar-refractivity contribution in [3.8, 4) is 11.3 Å². The zero-order chi connectivity index (χ0) is 18.7. The van der Waals surface area contributed by atoms with Gasteiger partial charge < -0.3 is 0 Å². The third-order valence-electron chi connectivity index (χ3n) is 3.85. The molecule has 9 heteroatoms. The molecule has 0 fully saturated rings. The van der Waals surface area contributed by atoms with Crippen LogP contribution in [0.5, 0.6) is 0 Å². The molecule has 9 nitrogen and oxygen atoms in total. The lowest BCUT2D eigenvalue weighted by Crippen LogP contribution is -2.42. The van der Waals surface area contributed by atoms with Crippen LogP contribution >= 0.6 is 0 Å². The fraction of sp³-hybridized carbons (Fsp3) is 0.562. The van der Waals surface area contributed by atoms with E-state index < -0.39 is 21.9 Å². The number of aromatic nitrogens is 4. The van der Waals surface area contributed by atoms with Gasteiger partial charge in [-0.2, -0.15) is 5.10 Å². The van der Waals surface area contributed by atoms with Crippen molar-refractivity contribution in [1.82, 2.24) is 18.9 Å². The van der Waals surface area contributed by atoms with Gasteiger partial charge in [0.2, 0.25) is 0 Å². The van der Waals surface area contributed by atoms with E-state index in [0.29, 0.717) is 18.5 Å². The molecule has 0 saturated heterocycles. The molecule has 2 rings (SSSR count). The summed E-state index contributed by atoms with van der Waals surface area (Å²) in [5.41, 5.74) is -1.55. The molecule has 2 heterocycles. The topological polar surface area (TPSA) is 105 Å². The average Bonchev–Trinajstić information content (AvgIpc) is 2.95. The summed E-state index contributed by atoms with van der Waals surface area (Å²) in [6, 6.07) is 0. The normalized spacial score (nSPS) is 11.2. The molecular formula is C16H23N5O4. The Morgan fingerprint density at radius 3 is 2.44 bits per heavy atom. The molecule has 0 aliphatic heterocycles. The highest BCUT2D eigenvalue weighted by Crippen LogP contribution is 2.25. The molecule has 0 radical (unpaired) electrons. The van der Waals surface area contributed by atoms with E-state index >= 15 is 0 Å². The minimum atomic E-state index is -0.865. The number of hydrogen-bond acceptors (Lipinski definition) is 5. The van der Waals surface area contributed by atoms with Crippen LogP contribution in [-0.4, -0.2) is 23.8 Å². The van der Waals surface area contributed by atoms with Crippen LogP contribution < -0.4 is 11.2 Å². The Labute approximate surface area is 144 Å². The number of nitrogens with zero attached hydrogens (tertiary/aromatic N) is 5. The van der Waals surface area contributed by atoms with Crippen molar-refractivity contribution in [1.29, 1.82) is 0 Å². The van der Waals surface area contributed by atoms with E-state index in [1.54, 1.807) is 13.2 Å². The van der Waals surface area contributed by atoms with Gasteiger partial charge in [0.1, 0.15) is 5.69 Å². The van der Waals surface area contributed by atoms with E-state index in [-0.39, 0.29) is 18.2 Å². The second-order valence-corrected chi connectivity index (χ2v) is 6.45. The van der Waals surface area contributed by atoms with E-state index in [2.05, 4.69) is 5.10 Å². The second-order valence-electron chi connectivity index (χ2n) is 6.45. The Balaban J connectivity index is 2.89. The van der Waals surface area contributed by atoms with Gasteiger partial charge in [-0.3, -0.25) is 28.7 Å². The standard InChI is InChI=1S/C16H23N5O4/c1-5-6-7-19-13(12-8-17-18(4)10-12)14(21(24)25)15(22)20(16(19)23)9-11(2)3/h8,10-11H,5-7,9H2,1-4H3. The maximum Gasteiger partial charge on any atom is 0.358 e. The number of nitro groups is 1. The van der Waals surface area contributed by atoms with Crippen molar-refractivity contribution >= 4 is 5.69 Å². The maximum atomic E-state index is 12.9. The zero-order valence-corrected chi connectivity index (χ0v) is 14.9. The molecule has 0 aliphatic carbocycles. The van der Waals surface area contributed by atoms with Gasteiger partial charge in [0, 0.05) is 31.9 Å². The molecule has 0 aliphatic rings. The third-order valence-corrected chi connectivity index (χ3v) is 3.85. The molecule has 0 spiro atoms. The van der Waals surface area contributed by atoms with Crippen molar-refractivity contribution < 1.29 is 4.92 Å². The highest BCUT2D eigenvalue weighted by atomic mass is 16.6. The smallest absolute Gasteiger partial charge is 0.287 e. The summed E-state index contributed by atoms with van der Waals surface area (Å²) in [5, 5.41) is 15.7. The van der Waals surface area contributed by atoms with E-state index in [4.69, 9.17) is 0 Å². The van der Waals surface area contributed by atoms with Crippen LogP contribution in [0.15, 0.2) is 22.0 Å². The molecule has 0 saturated carbocycles. The molecule has 0 atom stereocenters. The number of rotatable bonds is 7. The quantitative estimate of drug-likeness (QED) is 0.559. The van der Waals surface area contributed by atoms with Crippen LogP contribution in [0.1, 0.15) is 33.6 Å².